The van der Waals surface area contributed by atoms with Gasteiger partial charge in [-0.2, -0.15) is 13.1 Å². The average Bonchev–Trinajstić information content (AvgIpc) is 2.41. The Morgan fingerprint density at radius 1 is 1.29 bits per heavy atom. The molecule has 1 heterocycles. The first kappa shape index (κ1) is 9.64. The van der Waals surface area contributed by atoms with E-state index in [2.05, 4.69) is 4.72 Å². The van der Waals surface area contributed by atoms with E-state index in [1.54, 1.807) is 6.92 Å². The van der Waals surface area contributed by atoms with Crippen LogP contribution in [0.2, 0.25) is 0 Å². The molecule has 0 aliphatic carbocycles. The second-order valence-electron chi connectivity index (χ2n) is 3.29. The molecule has 14 heavy (non-hydrogen) atoms. The van der Waals surface area contributed by atoms with Crippen LogP contribution in [0.1, 0.15) is 18.6 Å². The van der Waals surface area contributed by atoms with Crippen molar-refractivity contribution in [1.82, 2.24) is 4.72 Å². The van der Waals surface area contributed by atoms with Gasteiger partial charge in [-0.1, -0.05) is 30.3 Å². The summed E-state index contributed by atoms with van der Waals surface area (Å²) in [6.07, 6.45) is -0.416. The van der Waals surface area contributed by atoms with Crippen molar-refractivity contribution in [1.29, 1.82) is 0 Å². The van der Waals surface area contributed by atoms with Crippen molar-refractivity contribution in [2.45, 2.75) is 19.1 Å². The normalized spacial score (nSPS) is 30.4. The van der Waals surface area contributed by atoms with E-state index < -0.39 is 16.4 Å². The molecule has 1 aliphatic rings. The van der Waals surface area contributed by atoms with Crippen LogP contribution in [-0.4, -0.2) is 14.5 Å². The fourth-order valence-corrected chi connectivity index (χ4v) is 2.71. The first-order valence-electron chi connectivity index (χ1n) is 4.34. The summed E-state index contributed by atoms with van der Waals surface area (Å²) in [5.74, 6) is 0. The van der Waals surface area contributed by atoms with Crippen LogP contribution in [0, 0.1) is 0 Å². The van der Waals surface area contributed by atoms with Gasteiger partial charge in [-0.15, -0.1) is 0 Å². The Morgan fingerprint density at radius 2 is 1.93 bits per heavy atom. The standard InChI is InChI=1S/C9H11NO3S/c1-7-9(13-14(11,12)10-7)8-5-3-2-4-6-8/h2-7,9-10H,1H3/t7-,9-/m1/s1. The van der Waals surface area contributed by atoms with Crippen molar-refractivity contribution in [3.63, 3.8) is 0 Å². The monoisotopic (exact) mass is 213 g/mol. The van der Waals surface area contributed by atoms with Crippen LogP contribution < -0.4 is 4.72 Å². The smallest absolute Gasteiger partial charge is 0.248 e. The second kappa shape index (κ2) is 3.34. The van der Waals surface area contributed by atoms with Crippen molar-refractivity contribution in [3.05, 3.63) is 35.9 Å². The molecule has 0 aromatic heterocycles. The highest BCUT2D eigenvalue weighted by Gasteiger charge is 2.35. The molecule has 76 valence electrons. The molecule has 0 amide bonds. The third-order valence-corrected chi connectivity index (χ3v) is 3.26. The van der Waals surface area contributed by atoms with Crippen LogP contribution in [0.25, 0.3) is 0 Å². The molecule has 0 spiro atoms. The second-order valence-corrected chi connectivity index (χ2v) is 4.62. The molecule has 0 radical (unpaired) electrons. The van der Waals surface area contributed by atoms with Crippen molar-refractivity contribution >= 4 is 10.3 Å². The molecule has 2 rings (SSSR count). The Hall–Kier alpha value is -0.910. The van der Waals surface area contributed by atoms with Gasteiger partial charge >= 0.3 is 10.3 Å². The summed E-state index contributed by atoms with van der Waals surface area (Å²) in [5, 5.41) is 0. The summed E-state index contributed by atoms with van der Waals surface area (Å²) < 4.78 is 29.5. The van der Waals surface area contributed by atoms with Gasteiger partial charge in [-0.25, -0.2) is 4.18 Å². The van der Waals surface area contributed by atoms with E-state index in [1.165, 1.54) is 0 Å². The molecule has 1 aromatic carbocycles. The highest BCUT2D eigenvalue weighted by Crippen LogP contribution is 2.28. The lowest BCUT2D eigenvalue weighted by molar-refractivity contribution is 0.225. The minimum atomic E-state index is -3.54. The SMILES string of the molecule is C[C@H]1NS(=O)(=O)O[C@H]1c1ccccc1. The van der Waals surface area contributed by atoms with E-state index in [1.807, 2.05) is 30.3 Å². The van der Waals surface area contributed by atoms with E-state index in [0.29, 0.717) is 0 Å². The molecular weight excluding hydrogens is 202 g/mol. The zero-order chi connectivity index (χ0) is 10.2. The summed E-state index contributed by atoms with van der Waals surface area (Å²) in [6, 6.07) is 9.08. The lowest BCUT2D eigenvalue weighted by Crippen LogP contribution is -2.24. The van der Waals surface area contributed by atoms with E-state index in [4.69, 9.17) is 4.18 Å². The summed E-state index contributed by atoms with van der Waals surface area (Å²) in [7, 11) is -3.54. The van der Waals surface area contributed by atoms with E-state index >= 15 is 0 Å². The largest absolute Gasteiger partial charge is 0.336 e. The molecule has 1 aliphatic heterocycles. The maximum absolute atomic E-state index is 11.1. The molecular formula is C9H11NO3S. The van der Waals surface area contributed by atoms with Crippen LogP contribution in [0.15, 0.2) is 30.3 Å². The lowest BCUT2D eigenvalue weighted by Gasteiger charge is -2.10. The predicted octanol–water partition coefficient (Wildman–Crippen LogP) is 0.981. The van der Waals surface area contributed by atoms with Crippen molar-refractivity contribution < 1.29 is 12.6 Å². The Bertz CT molecular complexity index is 415. The number of hydrogen-bond donors (Lipinski definition) is 1. The molecule has 0 unspecified atom stereocenters. The third kappa shape index (κ3) is 1.79. The predicted molar refractivity (Wildman–Crippen MR) is 51.8 cm³/mol. The summed E-state index contributed by atoms with van der Waals surface area (Å²) in [4.78, 5) is 0. The maximum atomic E-state index is 11.1. The number of hydrogen-bond acceptors (Lipinski definition) is 3. The summed E-state index contributed by atoms with van der Waals surface area (Å²) in [6.45, 7) is 1.78. The number of nitrogens with one attached hydrogen (secondary N) is 1. The third-order valence-electron chi connectivity index (χ3n) is 2.14. The van der Waals surface area contributed by atoms with Crippen molar-refractivity contribution in [3.8, 4) is 0 Å². The lowest BCUT2D eigenvalue weighted by atomic mass is 10.0. The van der Waals surface area contributed by atoms with E-state index in [-0.39, 0.29) is 6.04 Å². The Labute approximate surface area is 83.2 Å². The van der Waals surface area contributed by atoms with Crippen LogP contribution in [0.5, 0.6) is 0 Å². The Morgan fingerprint density at radius 3 is 2.43 bits per heavy atom. The van der Waals surface area contributed by atoms with Gasteiger partial charge in [0.1, 0.15) is 6.10 Å². The molecule has 5 heteroatoms. The van der Waals surface area contributed by atoms with Crippen LogP contribution in [0.3, 0.4) is 0 Å². The first-order valence-corrected chi connectivity index (χ1v) is 5.75. The van der Waals surface area contributed by atoms with Gasteiger partial charge in [-0.3, -0.25) is 0 Å². The van der Waals surface area contributed by atoms with Crippen LogP contribution >= 0.6 is 0 Å². The van der Waals surface area contributed by atoms with Crippen LogP contribution in [-0.2, 0) is 14.5 Å². The Kier molecular flexibility index (Phi) is 2.30. The molecule has 0 bridgehead atoms. The molecule has 1 aromatic rings. The van der Waals surface area contributed by atoms with Gasteiger partial charge in [0.2, 0.25) is 0 Å². The average molecular weight is 213 g/mol. The minimum Gasteiger partial charge on any atom is -0.248 e. The maximum Gasteiger partial charge on any atom is 0.336 e. The topological polar surface area (TPSA) is 55.4 Å². The highest BCUT2D eigenvalue weighted by atomic mass is 32.2. The van der Waals surface area contributed by atoms with E-state index in [9.17, 15) is 8.42 Å². The summed E-state index contributed by atoms with van der Waals surface area (Å²) >= 11 is 0. The fourth-order valence-electron chi connectivity index (χ4n) is 1.52. The first-order chi connectivity index (χ1) is 6.58. The number of rotatable bonds is 1. The quantitative estimate of drug-likeness (QED) is 0.756. The fraction of sp³-hybridized carbons (Fsp3) is 0.333. The van der Waals surface area contributed by atoms with Gasteiger partial charge in [-0.05, 0) is 12.5 Å². The molecule has 1 saturated heterocycles. The van der Waals surface area contributed by atoms with Gasteiger partial charge in [0.05, 0.1) is 6.04 Å². The van der Waals surface area contributed by atoms with Crippen LogP contribution in [0.4, 0.5) is 0 Å². The Balaban J connectivity index is 2.30. The molecule has 4 nitrogen and oxygen atoms in total. The van der Waals surface area contributed by atoms with E-state index in [0.717, 1.165) is 5.56 Å². The minimum absolute atomic E-state index is 0.220. The van der Waals surface area contributed by atoms with Gasteiger partial charge in [0.15, 0.2) is 0 Å². The molecule has 1 N–H and O–H groups in total. The zero-order valence-electron chi connectivity index (χ0n) is 7.67. The van der Waals surface area contributed by atoms with Gasteiger partial charge < -0.3 is 0 Å². The van der Waals surface area contributed by atoms with Crippen molar-refractivity contribution in [2.75, 3.05) is 0 Å². The highest BCUT2D eigenvalue weighted by molar-refractivity contribution is 7.85. The summed E-state index contributed by atoms with van der Waals surface area (Å²) in [5.41, 5.74) is 0.869. The molecule has 2 atom stereocenters. The number of benzene rings is 1. The molecule has 1 fully saturated rings. The van der Waals surface area contributed by atoms with Gasteiger partial charge in [0, 0.05) is 0 Å². The van der Waals surface area contributed by atoms with Gasteiger partial charge in [0.25, 0.3) is 0 Å². The molecule has 0 saturated carbocycles. The zero-order valence-corrected chi connectivity index (χ0v) is 8.49. The van der Waals surface area contributed by atoms with Crippen molar-refractivity contribution in [2.24, 2.45) is 0 Å².